The first-order valence-electron chi connectivity index (χ1n) is 6.91. The van der Waals surface area contributed by atoms with E-state index in [4.69, 9.17) is 0 Å². The van der Waals surface area contributed by atoms with Gasteiger partial charge in [-0.2, -0.15) is 5.10 Å². The van der Waals surface area contributed by atoms with Crippen LogP contribution in [0, 0.1) is 6.92 Å². The Balaban J connectivity index is 1.76. The SMILES string of the molecule is Cc1cc(C(=O)Nc2nc(-c3cccs3)cs2)nn1C(C)C. The Labute approximate surface area is 136 Å². The van der Waals surface area contributed by atoms with Crippen LogP contribution in [-0.4, -0.2) is 20.7 Å². The van der Waals surface area contributed by atoms with Gasteiger partial charge < -0.3 is 0 Å². The number of amides is 1. The summed E-state index contributed by atoms with van der Waals surface area (Å²) in [4.78, 5) is 17.8. The van der Waals surface area contributed by atoms with Gasteiger partial charge in [0.25, 0.3) is 5.91 Å². The van der Waals surface area contributed by atoms with Crippen LogP contribution in [0.5, 0.6) is 0 Å². The minimum absolute atomic E-state index is 0.227. The number of thiophene rings is 1. The molecule has 5 nitrogen and oxygen atoms in total. The average Bonchev–Trinajstić information content (AvgIpc) is 3.16. The summed E-state index contributed by atoms with van der Waals surface area (Å²) in [5, 5.41) is 11.7. The van der Waals surface area contributed by atoms with E-state index in [-0.39, 0.29) is 11.9 Å². The van der Waals surface area contributed by atoms with E-state index in [9.17, 15) is 4.79 Å². The molecule has 0 unspecified atom stereocenters. The number of carbonyl (C=O) groups excluding carboxylic acids is 1. The molecule has 0 fully saturated rings. The Bertz CT molecular complexity index is 786. The van der Waals surface area contributed by atoms with Gasteiger partial charge in [0.15, 0.2) is 10.8 Å². The smallest absolute Gasteiger partial charge is 0.277 e. The maximum absolute atomic E-state index is 12.3. The third-order valence-corrected chi connectivity index (χ3v) is 4.79. The fraction of sp³-hybridized carbons (Fsp3) is 0.267. The molecule has 0 saturated carbocycles. The highest BCUT2D eigenvalue weighted by Crippen LogP contribution is 2.28. The first kappa shape index (κ1) is 14.9. The van der Waals surface area contributed by atoms with Crippen LogP contribution in [0.25, 0.3) is 10.6 Å². The van der Waals surface area contributed by atoms with Gasteiger partial charge >= 0.3 is 0 Å². The number of carbonyl (C=O) groups is 1. The summed E-state index contributed by atoms with van der Waals surface area (Å²) in [5.41, 5.74) is 2.27. The van der Waals surface area contributed by atoms with Crippen molar-refractivity contribution in [1.29, 1.82) is 0 Å². The highest BCUT2D eigenvalue weighted by atomic mass is 32.1. The molecular formula is C15H16N4OS2. The van der Waals surface area contributed by atoms with Crippen LogP contribution >= 0.6 is 22.7 Å². The predicted octanol–water partition coefficient (Wildman–Crippen LogP) is 4.21. The van der Waals surface area contributed by atoms with Crippen LogP contribution in [0.3, 0.4) is 0 Å². The van der Waals surface area contributed by atoms with Crippen molar-refractivity contribution in [3.63, 3.8) is 0 Å². The summed E-state index contributed by atoms with van der Waals surface area (Å²) in [6.07, 6.45) is 0. The van der Waals surface area contributed by atoms with Crippen molar-refractivity contribution in [1.82, 2.24) is 14.8 Å². The Morgan fingerprint density at radius 1 is 1.36 bits per heavy atom. The molecule has 3 aromatic rings. The predicted molar refractivity (Wildman–Crippen MR) is 90.7 cm³/mol. The van der Waals surface area contributed by atoms with Crippen LogP contribution < -0.4 is 5.32 Å². The molecule has 0 bridgehead atoms. The summed E-state index contributed by atoms with van der Waals surface area (Å²) in [6.45, 7) is 6.02. The molecule has 0 aliphatic heterocycles. The summed E-state index contributed by atoms with van der Waals surface area (Å²) < 4.78 is 1.84. The van der Waals surface area contributed by atoms with E-state index in [0.717, 1.165) is 16.3 Å². The zero-order valence-electron chi connectivity index (χ0n) is 12.5. The first-order valence-corrected chi connectivity index (χ1v) is 8.67. The Morgan fingerprint density at radius 2 is 2.18 bits per heavy atom. The molecule has 0 aliphatic carbocycles. The maximum atomic E-state index is 12.3. The van der Waals surface area contributed by atoms with Gasteiger partial charge in [0, 0.05) is 17.1 Å². The molecule has 1 amide bonds. The van der Waals surface area contributed by atoms with Crippen molar-refractivity contribution in [2.24, 2.45) is 0 Å². The fourth-order valence-corrected chi connectivity index (χ4v) is 3.62. The third-order valence-electron chi connectivity index (χ3n) is 3.14. The van der Waals surface area contributed by atoms with Gasteiger partial charge in [0.1, 0.15) is 0 Å². The van der Waals surface area contributed by atoms with E-state index >= 15 is 0 Å². The lowest BCUT2D eigenvalue weighted by atomic mass is 10.3. The summed E-state index contributed by atoms with van der Waals surface area (Å²) in [6, 6.07) is 6.02. The number of aromatic nitrogens is 3. The quantitative estimate of drug-likeness (QED) is 0.778. The second-order valence-corrected chi connectivity index (χ2v) is 6.98. The van der Waals surface area contributed by atoms with E-state index in [1.54, 1.807) is 17.4 Å². The third kappa shape index (κ3) is 2.95. The molecule has 3 heterocycles. The number of hydrogen-bond acceptors (Lipinski definition) is 5. The van der Waals surface area contributed by atoms with Gasteiger partial charge in [-0.1, -0.05) is 6.07 Å². The summed E-state index contributed by atoms with van der Waals surface area (Å²) in [7, 11) is 0. The van der Waals surface area contributed by atoms with Crippen molar-refractivity contribution < 1.29 is 4.79 Å². The molecule has 3 rings (SSSR count). The van der Waals surface area contributed by atoms with Gasteiger partial charge in [-0.3, -0.25) is 14.8 Å². The number of rotatable bonds is 4. The van der Waals surface area contributed by atoms with Crippen molar-refractivity contribution in [3.8, 4) is 10.6 Å². The first-order chi connectivity index (χ1) is 10.5. The van der Waals surface area contributed by atoms with Crippen molar-refractivity contribution in [2.45, 2.75) is 26.8 Å². The summed E-state index contributed by atoms with van der Waals surface area (Å²) >= 11 is 3.05. The molecule has 22 heavy (non-hydrogen) atoms. The van der Waals surface area contributed by atoms with Gasteiger partial charge in [0.2, 0.25) is 0 Å². The van der Waals surface area contributed by atoms with Gasteiger partial charge in [0.05, 0.1) is 10.6 Å². The Hall–Kier alpha value is -1.99. The molecule has 0 aromatic carbocycles. The second kappa shape index (κ2) is 6.02. The van der Waals surface area contributed by atoms with Crippen LogP contribution in [0.4, 0.5) is 5.13 Å². The van der Waals surface area contributed by atoms with Crippen LogP contribution in [0.1, 0.15) is 36.1 Å². The average molecular weight is 332 g/mol. The minimum atomic E-state index is -0.227. The molecule has 0 aliphatic rings. The van der Waals surface area contributed by atoms with E-state index in [1.165, 1.54) is 11.3 Å². The normalized spacial score (nSPS) is 11.1. The number of nitrogens with one attached hydrogen (secondary N) is 1. The Kier molecular flexibility index (Phi) is 4.08. The number of aryl methyl sites for hydroxylation is 1. The molecule has 114 valence electrons. The lowest BCUT2D eigenvalue weighted by Gasteiger charge is -2.06. The molecule has 0 atom stereocenters. The second-order valence-electron chi connectivity index (χ2n) is 5.18. The van der Waals surface area contributed by atoms with Crippen LogP contribution in [0.2, 0.25) is 0 Å². The zero-order chi connectivity index (χ0) is 15.7. The number of hydrogen-bond donors (Lipinski definition) is 1. The van der Waals surface area contributed by atoms with Crippen molar-refractivity contribution >= 4 is 33.7 Å². The zero-order valence-corrected chi connectivity index (χ0v) is 14.2. The standard InChI is InChI=1S/C15H16N4OS2/c1-9(2)19-10(3)7-11(18-19)14(20)17-15-16-12(8-22-15)13-5-4-6-21-13/h4-9H,1-3H3,(H,16,17,20). The maximum Gasteiger partial charge on any atom is 0.277 e. The number of thiazole rings is 1. The van der Waals surface area contributed by atoms with Crippen molar-refractivity contribution in [2.75, 3.05) is 5.32 Å². The highest BCUT2D eigenvalue weighted by molar-refractivity contribution is 7.16. The molecule has 3 aromatic heterocycles. The largest absolute Gasteiger partial charge is 0.296 e. The molecule has 1 N–H and O–H groups in total. The lowest BCUT2D eigenvalue weighted by molar-refractivity contribution is 0.102. The van der Waals surface area contributed by atoms with Crippen LogP contribution in [0.15, 0.2) is 29.0 Å². The van der Waals surface area contributed by atoms with Gasteiger partial charge in [-0.15, -0.1) is 22.7 Å². The van der Waals surface area contributed by atoms with Crippen molar-refractivity contribution in [3.05, 3.63) is 40.3 Å². The molecule has 0 radical (unpaired) electrons. The monoisotopic (exact) mass is 332 g/mol. The van der Waals surface area contributed by atoms with Gasteiger partial charge in [-0.05, 0) is 38.3 Å². The Morgan fingerprint density at radius 3 is 2.82 bits per heavy atom. The summed E-state index contributed by atoms with van der Waals surface area (Å²) in [5.74, 6) is -0.227. The van der Waals surface area contributed by atoms with Crippen LogP contribution in [-0.2, 0) is 0 Å². The molecule has 0 saturated heterocycles. The topological polar surface area (TPSA) is 59.8 Å². The molecule has 7 heteroatoms. The molecule has 0 spiro atoms. The highest BCUT2D eigenvalue weighted by Gasteiger charge is 2.15. The van der Waals surface area contributed by atoms with E-state index in [2.05, 4.69) is 15.4 Å². The minimum Gasteiger partial charge on any atom is -0.296 e. The lowest BCUT2D eigenvalue weighted by Crippen LogP contribution is -2.13. The van der Waals surface area contributed by atoms with E-state index in [1.807, 2.05) is 48.3 Å². The van der Waals surface area contributed by atoms with E-state index < -0.39 is 0 Å². The molecular weight excluding hydrogens is 316 g/mol. The number of nitrogens with zero attached hydrogens (tertiary/aromatic N) is 3. The fourth-order valence-electron chi connectivity index (χ4n) is 2.15. The number of anilines is 1. The van der Waals surface area contributed by atoms with E-state index in [0.29, 0.717) is 10.8 Å². The van der Waals surface area contributed by atoms with Gasteiger partial charge in [-0.25, -0.2) is 4.98 Å².